The second-order valence-electron chi connectivity index (χ2n) is 2.16. The Morgan fingerprint density at radius 1 is 1.62 bits per heavy atom. The van der Waals surface area contributed by atoms with Gasteiger partial charge in [0.25, 0.3) is 0 Å². The molecule has 0 aromatic carbocycles. The third-order valence-electron chi connectivity index (χ3n) is 0.856. The molecule has 0 saturated heterocycles. The maximum absolute atomic E-state index is 11.4. The summed E-state index contributed by atoms with van der Waals surface area (Å²) in [4.78, 5) is 10.3. The Bertz CT molecular complexity index is 251. The van der Waals surface area contributed by atoms with Crippen LogP contribution in [0.4, 0.5) is 0 Å². The van der Waals surface area contributed by atoms with Crippen LogP contribution in [-0.2, 0) is 22.9 Å². The molecule has 0 fully saturated rings. The number of carbonyl (C=O) groups is 1. The predicted molar refractivity (Wildman–Crippen MR) is 45.7 cm³/mol. The van der Waals surface area contributed by atoms with Gasteiger partial charge in [-0.25, -0.2) is 4.57 Å². The van der Waals surface area contributed by atoms with E-state index < -0.39 is 20.3 Å². The summed E-state index contributed by atoms with van der Waals surface area (Å²) in [5, 5.41) is 0. The fourth-order valence-corrected chi connectivity index (χ4v) is 1.35. The van der Waals surface area contributed by atoms with Gasteiger partial charge in [-0.05, 0) is 6.92 Å². The number of hydrogen-bond donors (Lipinski definition) is 1. The van der Waals surface area contributed by atoms with Gasteiger partial charge in [-0.2, -0.15) is 0 Å². The fraction of sp³-hybridized carbons (Fsp3) is 0.500. The molecule has 0 aliphatic rings. The van der Waals surface area contributed by atoms with E-state index in [0.29, 0.717) is 0 Å². The van der Waals surface area contributed by atoms with Crippen molar-refractivity contribution in [2.75, 3.05) is 13.7 Å². The average Bonchev–Trinajstić information content (AvgIpc) is 2.00. The molecule has 2 N–H and O–H groups in total. The number of allylic oxidation sites excluding steroid dienone is 1. The highest BCUT2D eigenvalue weighted by Crippen LogP contribution is 2.49. The lowest BCUT2D eigenvalue weighted by atomic mass is 10.7. The largest absolute Gasteiger partial charge is 0.529 e. The summed E-state index contributed by atoms with van der Waals surface area (Å²) in [6, 6.07) is 0. The molecule has 0 bridgehead atoms. The van der Waals surface area contributed by atoms with Crippen molar-refractivity contribution in [3.63, 3.8) is 0 Å². The summed E-state index contributed by atoms with van der Waals surface area (Å²) in [7, 11) is -2.58. The van der Waals surface area contributed by atoms with Gasteiger partial charge in [-0.15, -0.1) is 0 Å². The molecule has 7 heteroatoms. The van der Waals surface area contributed by atoms with Crippen LogP contribution in [0.3, 0.4) is 0 Å². The Morgan fingerprint density at radius 3 is 2.46 bits per heavy atom. The van der Waals surface area contributed by atoms with Gasteiger partial charge in [-0.1, -0.05) is 6.58 Å². The number of amides is 1. The first-order chi connectivity index (χ1) is 5.89. The van der Waals surface area contributed by atoms with Crippen LogP contribution in [0, 0.1) is 0 Å². The van der Waals surface area contributed by atoms with Gasteiger partial charge >= 0.3 is 7.82 Å². The highest BCUT2D eigenvalue weighted by atomic mass is 31.2. The van der Waals surface area contributed by atoms with Gasteiger partial charge in [0, 0.05) is 7.11 Å². The van der Waals surface area contributed by atoms with Crippen LogP contribution >= 0.6 is 7.82 Å². The minimum atomic E-state index is -3.71. The van der Waals surface area contributed by atoms with Gasteiger partial charge in [-0.3, -0.25) is 13.8 Å². The first-order valence-corrected chi connectivity index (χ1v) is 4.79. The first kappa shape index (κ1) is 12.2. The summed E-state index contributed by atoms with van der Waals surface area (Å²) in [5.74, 6) is -0.600. The topological polar surface area (TPSA) is 87.8 Å². The lowest BCUT2D eigenvalue weighted by Crippen LogP contribution is -2.17. The van der Waals surface area contributed by atoms with Gasteiger partial charge in [0.2, 0.25) is 5.91 Å². The van der Waals surface area contributed by atoms with Crippen LogP contribution in [0.5, 0.6) is 0 Å². The minimum absolute atomic E-state index is 0.162. The third kappa shape index (κ3) is 5.41. The molecule has 1 atom stereocenters. The van der Waals surface area contributed by atoms with Crippen molar-refractivity contribution in [1.82, 2.24) is 0 Å². The molecule has 0 heterocycles. The van der Waals surface area contributed by atoms with Crippen LogP contribution in [0.15, 0.2) is 12.3 Å². The fourth-order valence-electron chi connectivity index (χ4n) is 0.450. The van der Waals surface area contributed by atoms with Crippen LogP contribution in [0.1, 0.15) is 6.92 Å². The number of rotatable bonds is 6. The number of nitrogens with two attached hydrogens (primary N) is 1. The number of phosphoric ester groups is 1. The SMILES string of the molecule is C=C(C)OP(=O)(OC)OCC(N)=O. The quantitative estimate of drug-likeness (QED) is 0.516. The van der Waals surface area contributed by atoms with E-state index in [2.05, 4.69) is 20.2 Å². The summed E-state index contributed by atoms with van der Waals surface area (Å²) >= 11 is 0. The van der Waals surface area contributed by atoms with Crippen molar-refractivity contribution in [3.05, 3.63) is 12.3 Å². The Morgan fingerprint density at radius 2 is 2.15 bits per heavy atom. The summed E-state index contributed by atoms with van der Waals surface area (Å²) < 4.78 is 25.0. The van der Waals surface area contributed by atoms with Crippen molar-refractivity contribution in [1.29, 1.82) is 0 Å². The molecule has 0 rings (SSSR count). The molecule has 0 aromatic rings. The van der Waals surface area contributed by atoms with E-state index in [-0.39, 0.29) is 5.76 Å². The molecule has 0 aromatic heterocycles. The second kappa shape index (κ2) is 5.01. The lowest BCUT2D eigenvalue weighted by molar-refractivity contribution is -0.120. The molecule has 0 aliphatic heterocycles. The zero-order chi connectivity index (χ0) is 10.5. The summed E-state index contributed by atoms with van der Waals surface area (Å²) in [6.07, 6.45) is 0. The first-order valence-electron chi connectivity index (χ1n) is 3.33. The smallest absolute Gasteiger partial charge is 0.409 e. The highest BCUT2D eigenvalue weighted by molar-refractivity contribution is 7.48. The highest BCUT2D eigenvalue weighted by Gasteiger charge is 2.26. The molecule has 0 saturated carbocycles. The van der Waals surface area contributed by atoms with E-state index in [9.17, 15) is 9.36 Å². The van der Waals surface area contributed by atoms with Crippen molar-refractivity contribution in [3.8, 4) is 0 Å². The normalized spacial score (nSPS) is 14.6. The molecule has 1 amide bonds. The molecule has 0 radical (unpaired) electrons. The van der Waals surface area contributed by atoms with Crippen molar-refractivity contribution >= 4 is 13.7 Å². The number of carbonyl (C=O) groups excluding carboxylic acids is 1. The van der Waals surface area contributed by atoms with Crippen molar-refractivity contribution in [2.45, 2.75) is 6.92 Å². The molecule has 6 nitrogen and oxygen atoms in total. The summed E-state index contributed by atoms with van der Waals surface area (Å²) in [6.45, 7) is 4.29. The zero-order valence-corrected chi connectivity index (χ0v) is 8.37. The van der Waals surface area contributed by atoms with Crippen LogP contribution in [0.2, 0.25) is 0 Å². The molecule has 1 unspecified atom stereocenters. The van der Waals surface area contributed by atoms with E-state index in [1.165, 1.54) is 6.92 Å². The maximum Gasteiger partial charge on any atom is 0.529 e. The van der Waals surface area contributed by atoms with Crippen molar-refractivity contribution in [2.24, 2.45) is 5.73 Å². The third-order valence-corrected chi connectivity index (χ3v) is 2.28. The lowest BCUT2D eigenvalue weighted by Gasteiger charge is -2.14. The van der Waals surface area contributed by atoms with E-state index in [1.54, 1.807) is 0 Å². The maximum atomic E-state index is 11.4. The van der Waals surface area contributed by atoms with E-state index in [0.717, 1.165) is 7.11 Å². The van der Waals surface area contributed by atoms with Crippen LogP contribution < -0.4 is 5.73 Å². The van der Waals surface area contributed by atoms with E-state index in [4.69, 9.17) is 5.73 Å². The van der Waals surface area contributed by atoms with Gasteiger partial charge in [0.05, 0.1) is 5.76 Å². The average molecular weight is 209 g/mol. The Kier molecular flexibility index (Phi) is 4.69. The standard InChI is InChI=1S/C6H12NO5P/c1-5(2)12-13(9,10-3)11-4-6(7)8/h1,4H2,2-3H3,(H2,7,8). The molecular formula is C6H12NO5P. The van der Waals surface area contributed by atoms with E-state index in [1.807, 2.05) is 0 Å². The Labute approximate surface area is 76.3 Å². The second-order valence-corrected chi connectivity index (χ2v) is 3.86. The number of phosphoric acid groups is 1. The molecule has 0 spiro atoms. The minimum Gasteiger partial charge on any atom is -0.409 e. The predicted octanol–water partition coefficient (Wildman–Crippen LogP) is 0.793. The van der Waals surface area contributed by atoms with Gasteiger partial charge < -0.3 is 10.3 Å². The zero-order valence-electron chi connectivity index (χ0n) is 7.48. The van der Waals surface area contributed by atoms with E-state index >= 15 is 0 Å². The van der Waals surface area contributed by atoms with Crippen LogP contribution in [0.25, 0.3) is 0 Å². The molecule has 13 heavy (non-hydrogen) atoms. The number of hydrogen-bond acceptors (Lipinski definition) is 5. The monoisotopic (exact) mass is 209 g/mol. The van der Waals surface area contributed by atoms with Gasteiger partial charge in [0.1, 0.15) is 6.61 Å². The molecule has 76 valence electrons. The van der Waals surface area contributed by atoms with Gasteiger partial charge in [0.15, 0.2) is 0 Å². The number of primary amides is 1. The Balaban J connectivity index is 4.20. The van der Waals surface area contributed by atoms with Crippen molar-refractivity contribution < 1.29 is 22.9 Å². The summed E-state index contributed by atoms with van der Waals surface area (Å²) in [5.41, 5.74) is 4.77. The van der Waals surface area contributed by atoms with Crippen LogP contribution in [-0.4, -0.2) is 19.6 Å². The molecule has 0 aliphatic carbocycles. The Hall–Kier alpha value is -0.840. The molecular weight excluding hydrogens is 197 g/mol.